The molecule has 0 aromatic heterocycles. The first-order chi connectivity index (χ1) is 14.8. The maximum atomic E-state index is 13.3. The maximum absolute atomic E-state index is 13.3. The summed E-state index contributed by atoms with van der Waals surface area (Å²) in [5.74, 6) is 0.577. The van der Waals surface area contributed by atoms with E-state index >= 15 is 0 Å². The van der Waals surface area contributed by atoms with Crippen molar-refractivity contribution in [3.05, 3.63) is 99.1 Å². The Labute approximate surface area is 181 Å². The number of fused-ring (bicyclic) bond motifs is 1. The Morgan fingerprint density at radius 2 is 1.52 bits per heavy atom. The molecule has 4 heteroatoms. The third-order valence-corrected chi connectivity index (χ3v) is 6.19. The number of halogens is 3. The van der Waals surface area contributed by atoms with E-state index in [2.05, 4.69) is 19.1 Å². The molecule has 1 aliphatic rings. The number of hydrogen-bond acceptors (Lipinski definition) is 1. The normalized spacial score (nSPS) is 13.3. The molecule has 4 rings (SSSR count). The number of rotatable bonds is 6. The Morgan fingerprint density at radius 3 is 2.26 bits per heavy atom. The van der Waals surface area contributed by atoms with Gasteiger partial charge in [0.25, 0.3) is 0 Å². The lowest BCUT2D eigenvalue weighted by molar-refractivity contribution is -0.138. The Balaban J connectivity index is 1.38. The minimum Gasteiger partial charge on any atom is -0.489 e. The molecule has 0 saturated heterocycles. The van der Waals surface area contributed by atoms with Crippen molar-refractivity contribution in [2.75, 3.05) is 0 Å². The fourth-order valence-electron chi connectivity index (χ4n) is 4.47. The summed E-state index contributed by atoms with van der Waals surface area (Å²) in [5.41, 5.74) is 7.22. The van der Waals surface area contributed by atoms with Crippen LogP contribution in [0.2, 0.25) is 0 Å². The summed E-state index contributed by atoms with van der Waals surface area (Å²) >= 11 is 0. The Hall–Kier alpha value is -2.75. The second kappa shape index (κ2) is 8.78. The van der Waals surface area contributed by atoms with Crippen LogP contribution in [-0.2, 0) is 38.5 Å². The standard InChI is InChI=1S/C27H27F3O/c1-18-6-11-22(26(16-18)27(28,29)30)17-31-23-14-9-20(10-15-23)8-13-21-12-7-19(2)24-4-3-5-25(21)24/h6-7,9-12,14-16H,3-5,8,13,17H2,1-2H3. The van der Waals surface area contributed by atoms with Gasteiger partial charge in [0.2, 0.25) is 0 Å². The summed E-state index contributed by atoms with van der Waals surface area (Å²) in [6, 6.07) is 16.5. The van der Waals surface area contributed by atoms with E-state index in [1.54, 1.807) is 18.6 Å². The van der Waals surface area contributed by atoms with Crippen molar-refractivity contribution in [3.63, 3.8) is 0 Å². The van der Waals surface area contributed by atoms with Gasteiger partial charge >= 0.3 is 6.18 Å². The van der Waals surface area contributed by atoms with E-state index in [1.807, 2.05) is 24.3 Å². The Morgan fingerprint density at radius 1 is 0.806 bits per heavy atom. The van der Waals surface area contributed by atoms with Crippen LogP contribution < -0.4 is 4.74 Å². The first kappa shape index (κ1) is 21.5. The molecule has 31 heavy (non-hydrogen) atoms. The quantitative estimate of drug-likeness (QED) is 0.407. The van der Waals surface area contributed by atoms with E-state index in [0.717, 1.165) is 12.8 Å². The highest BCUT2D eigenvalue weighted by Crippen LogP contribution is 2.33. The van der Waals surface area contributed by atoms with E-state index in [0.29, 0.717) is 11.3 Å². The number of ether oxygens (including phenoxy) is 1. The van der Waals surface area contributed by atoms with Crippen LogP contribution >= 0.6 is 0 Å². The van der Waals surface area contributed by atoms with Crippen LogP contribution in [0.3, 0.4) is 0 Å². The highest BCUT2D eigenvalue weighted by atomic mass is 19.4. The summed E-state index contributed by atoms with van der Waals surface area (Å²) in [7, 11) is 0. The summed E-state index contributed by atoms with van der Waals surface area (Å²) < 4.78 is 45.5. The van der Waals surface area contributed by atoms with E-state index in [-0.39, 0.29) is 12.2 Å². The maximum Gasteiger partial charge on any atom is 0.416 e. The third-order valence-electron chi connectivity index (χ3n) is 6.19. The van der Waals surface area contributed by atoms with E-state index in [9.17, 15) is 13.2 Å². The van der Waals surface area contributed by atoms with Crippen molar-refractivity contribution in [2.24, 2.45) is 0 Å². The molecule has 0 spiro atoms. The largest absolute Gasteiger partial charge is 0.489 e. The van der Waals surface area contributed by atoms with Gasteiger partial charge in [-0.1, -0.05) is 42.0 Å². The van der Waals surface area contributed by atoms with Crippen LogP contribution in [0.15, 0.2) is 54.6 Å². The molecule has 0 atom stereocenters. The molecule has 0 N–H and O–H groups in total. The average Bonchev–Trinajstić information content (AvgIpc) is 3.24. The highest BCUT2D eigenvalue weighted by molar-refractivity contribution is 5.44. The number of hydrogen-bond donors (Lipinski definition) is 0. The van der Waals surface area contributed by atoms with Gasteiger partial charge in [0.05, 0.1) is 5.56 Å². The SMILES string of the molecule is Cc1ccc(COc2ccc(CCc3ccc(C)c4c3CCC4)cc2)c(C(F)(F)F)c1. The first-order valence-electron chi connectivity index (χ1n) is 10.8. The number of alkyl halides is 3. The third kappa shape index (κ3) is 4.95. The van der Waals surface area contributed by atoms with E-state index < -0.39 is 11.7 Å². The fraction of sp³-hybridized carbons (Fsp3) is 0.333. The van der Waals surface area contributed by atoms with Gasteiger partial charge < -0.3 is 4.74 Å². The van der Waals surface area contributed by atoms with Crippen LogP contribution in [0.4, 0.5) is 13.2 Å². The lowest BCUT2D eigenvalue weighted by Gasteiger charge is -2.15. The van der Waals surface area contributed by atoms with Crippen LogP contribution in [0.5, 0.6) is 5.75 Å². The molecule has 0 bridgehead atoms. The van der Waals surface area contributed by atoms with Gasteiger partial charge in [-0.25, -0.2) is 0 Å². The van der Waals surface area contributed by atoms with Gasteiger partial charge in [0, 0.05) is 5.56 Å². The van der Waals surface area contributed by atoms with Crippen molar-refractivity contribution in [3.8, 4) is 5.75 Å². The van der Waals surface area contributed by atoms with Crippen LogP contribution in [0.1, 0.15) is 50.9 Å². The summed E-state index contributed by atoms with van der Waals surface area (Å²) in [4.78, 5) is 0. The minimum atomic E-state index is -4.38. The topological polar surface area (TPSA) is 9.23 Å². The summed E-state index contributed by atoms with van der Waals surface area (Å²) in [6.07, 6.45) is 1.17. The van der Waals surface area contributed by atoms with E-state index in [4.69, 9.17) is 4.74 Å². The van der Waals surface area contributed by atoms with Gasteiger partial charge in [-0.15, -0.1) is 0 Å². The zero-order valence-electron chi connectivity index (χ0n) is 18.0. The smallest absolute Gasteiger partial charge is 0.416 e. The molecule has 0 unspecified atom stereocenters. The second-order valence-electron chi connectivity index (χ2n) is 8.44. The van der Waals surface area contributed by atoms with Gasteiger partial charge in [-0.3, -0.25) is 0 Å². The predicted octanol–water partition coefficient (Wildman–Crippen LogP) is 7.18. The monoisotopic (exact) mass is 424 g/mol. The van der Waals surface area contributed by atoms with Crippen LogP contribution in [-0.4, -0.2) is 0 Å². The van der Waals surface area contributed by atoms with Crippen molar-refractivity contribution < 1.29 is 17.9 Å². The molecule has 0 aliphatic heterocycles. The molecular formula is C27H27F3O. The van der Waals surface area contributed by atoms with Gasteiger partial charge in [0.15, 0.2) is 0 Å². The Kier molecular flexibility index (Phi) is 6.08. The molecule has 0 heterocycles. The predicted molar refractivity (Wildman–Crippen MR) is 118 cm³/mol. The molecule has 1 nitrogen and oxygen atoms in total. The lowest BCUT2D eigenvalue weighted by atomic mass is 9.95. The highest BCUT2D eigenvalue weighted by Gasteiger charge is 2.33. The van der Waals surface area contributed by atoms with Gasteiger partial charge in [-0.05, 0) is 92.0 Å². The molecular weight excluding hydrogens is 397 g/mol. The molecule has 1 aliphatic carbocycles. The molecule has 0 radical (unpaired) electrons. The Bertz CT molecular complexity index is 1070. The van der Waals surface area contributed by atoms with Gasteiger partial charge in [-0.2, -0.15) is 13.2 Å². The van der Waals surface area contributed by atoms with E-state index in [1.165, 1.54) is 53.6 Å². The molecule has 162 valence electrons. The molecule has 3 aromatic rings. The number of aryl methyl sites for hydroxylation is 4. The minimum absolute atomic E-state index is 0.107. The first-order valence-corrected chi connectivity index (χ1v) is 10.8. The van der Waals surface area contributed by atoms with Crippen molar-refractivity contribution in [1.29, 1.82) is 0 Å². The number of benzene rings is 3. The van der Waals surface area contributed by atoms with Crippen molar-refractivity contribution in [2.45, 2.75) is 58.7 Å². The molecule has 3 aromatic carbocycles. The average molecular weight is 425 g/mol. The lowest BCUT2D eigenvalue weighted by Crippen LogP contribution is -2.11. The van der Waals surface area contributed by atoms with Crippen molar-refractivity contribution in [1.82, 2.24) is 0 Å². The zero-order chi connectivity index (χ0) is 22.0. The molecule has 0 amide bonds. The molecule has 0 saturated carbocycles. The van der Waals surface area contributed by atoms with Crippen LogP contribution in [0.25, 0.3) is 0 Å². The summed E-state index contributed by atoms with van der Waals surface area (Å²) in [6.45, 7) is 3.74. The van der Waals surface area contributed by atoms with Crippen molar-refractivity contribution >= 4 is 0 Å². The second-order valence-corrected chi connectivity index (χ2v) is 8.44. The fourth-order valence-corrected chi connectivity index (χ4v) is 4.47. The zero-order valence-corrected chi connectivity index (χ0v) is 18.0. The molecule has 0 fully saturated rings. The summed E-state index contributed by atoms with van der Waals surface area (Å²) in [5, 5.41) is 0. The van der Waals surface area contributed by atoms with Crippen LogP contribution in [0, 0.1) is 13.8 Å². The van der Waals surface area contributed by atoms with Gasteiger partial charge in [0.1, 0.15) is 12.4 Å².